The molecule has 0 aliphatic carbocycles. The Balaban J connectivity index is 1.95. The number of benzene rings is 2. The molecule has 2 unspecified atom stereocenters. The highest BCUT2D eigenvalue weighted by Gasteiger charge is 2.29. The average Bonchev–Trinajstić information content (AvgIpc) is 2.47. The number of ether oxygens (including phenoxy) is 1. The summed E-state index contributed by atoms with van der Waals surface area (Å²) in [6.45, 7) is 5.21. The van der Waals surface area contributed by atoms with Crippen LogP contribution in [0.4, 0.5) is 0 Å². The molecule has 1 N–H and O–H groups in total. The SMILES string of the molecule is CCNC1CC(c2ccc(C)cc2Br)Oc2ccccc21. The maximum absolute atomic E-state index is 6.25. The first-order chi connectivity index (χ1) is 10.2. The van der Waals surface area contributed by atoms with Crippen molar-refractivity contribution in [2.75, 3.05) is 6.54 Å². The van der Waals surface area contributed by atoms with Crippen molar-refractivity contribution < 1.29 is 4.74 Å². The highest BCUT2D eigenvalue weighted by Crippen LogP contribution is 2.42. The molecule has 1 aliphatic rings. The number of para-hydroxylation sites is 1. The summed E-state index contributed by atoms with van der Waals surface area (Å²) in [4.78, 5) is 0. The van der Waals surface area contributed by atoms with Gasteiger partial charge in [0.05, 0.1) is 0 Å². The molecule has 1 heterocycles. The van der Waals surface area contributed by atoms with E-state index in [9.17, 15) is 0 Å². The van der Waals surface area contributed by atoms with Gasteiger partial charge in [0.25, 0.3) is 0 Å². The van der Waals surface area contributed by atoms with E-state index < -0.39 is 0 Å². The van der Waals surface area contributed by atoms with Crippen LogP contribution in [0.15, 0.2) is 46.9 Å². The number of nitrogens with one attached hydrogen (secondary N) is 1. The van der Waals surface area contributed by atoms with Crippen molar-refractivity contribution >= 4 is 15.9 Å². The fourth-order valence-electron chi connectivity index (χ4n) is 2.94. The van der Waals surface area contributed by atoms with Crippen LogP contribution in [0.25, 0.3) is 0 Å². The van der Waals surface area contributed by atoms with Crippen molar-refractivity contribution in [3.8, 4) is 5.75 Å². The van der Waals surface area contributed by atoms with Crippen LogP contribution in [-0.2, 0) is 0 Å². The van der Waals surface area contributed by atoms with Gasteiger partial charge in [0.15, 0.2) is 0 Å². The number of hydrogen-bond acceptors (Lipinski definition) is 2. The quantitative estimate of drug-likeness (QED) is 0.851. The van der Waals surface area contributed by atoms with Gasteiger partial charge in [-0.2, -0.15) is 0 Å². The standard InChI is InChI=1S/C18H20BrNO/c1-3-20-16-11-18(13-9-8-12(2)10-15(13)19)21-17-7-5-4-6-14(16)17/h4-10,16,18,20H,3,11H2,1-2H3. The van der Waals surface area contributed by atoms with Crippen molar-refractivity contribution in [2.24, 2.45) is 0 Å². The first-order valence-corrected chi connectivity index (χ1v) is 8.23. The Hall–Kier alpha value is -1.32. The number of rotatable bonds is 3. The minimum Gasteiger partial charge on any atom is -0.485 e. The molecule has 2 aromatic carbocycles. The van der Waals surface area contributed by atoms with Gasteiger partial charge >= 0.3 is 0 Å². The van der Waals surface area contributed by atoms with Gasteiger partial charge in [0.2, 0.25) is 0 Å². The van der Waals surface area contributed by atoms with Crippen LogP contribution in [0.3, 0.4) is 0 Å². The molecule has 0 aromatic heterocycles. The van der Waals surface area contributed by atoms with E-state index in [4.69, 9.17) is 4.74 Å². The molecule has 110 valence electrons. The van der Waals surface area contributed by atoms with Crippen LogP contribution in [0, 0.1) is 6.92 Å². The fraction of sp³-hybridized carbons (Fsp3) is 0.333. The average molecular weight is 346 g/mol. The van der Waals surface area contributed by atoms with Crippen LogP contribution >= 0.6 is 15.9 Å². The van der Waals surface area contributed by atoms with Gasteiger partial charge in [-0.15, -0.1) is 0 Å². The molecular formula is C18H20BrNO. The zero-order valence-corrected chi connectivity index (χ0v) is 14.0. The molecule has 0 fully saturated rings. The zero-order valence-electron chi connectivity index (χ0n) is 12.4. The fourth-order valence-corrected chi connectivity index (χ4v) is 3.69. The van der Waals surface area contributed by atoms with E-state index in [2.05, 4.69) is 71.5 Å². The highest BCUT2D eigenvalue weighted by atomic mass is 79.9. The number of halogens is 1. The van der Waals surface area contributed by atoms with Crippen molar-refractivity contribution in [2.45, 2.75) is 32.4 Å². The molecule has 0 spiro atoms. The molecule has 0 radical (unpaired) electrons. The summed E-state index contributed by atoms with van der Waals surface area (Å²) in [5.41, 5.74) is 3.74. The van der Waals surface area contributed by atoms with Crippen LogP contribution in [-0.4, -0.2) is 6.54 Å². The van der Waals surface area contributed by atoms with Gasteiger partial charge in [0.1, 0.15) is 11.9 Å². The molecule has 3 rings (SSSR count). The lowest BCUT2D eigenvalue weighted by Gasteiger charge is -2.33. The van der Waals surface area contributed by atoms with Crippen LogP contribution in [0.2, 0.25) is 0 Å². The molecule has 2 aromatic rings. The largest absolute Gasteiger partial charge is 0.485 e. The lowest BCUT2D eigenvalue weighted by Crippen LogP contribution is -2.29. The van der Waals surface area contributed by atoms with E-state index in [0.717, 1.165) is 23.2 Å². The third kappa shape index (κ3) is 2.99. The van der Waals surface area contributed by atoms with Gasteiger partial charge in [-0.05, 0) is 31.2 Å². The Morgan fingerprint density at radius 1 is 1.19 bits per heavy atom. The van der Waals surface area contributed by atoms with E-state index in [0.29, 0.717) is 6.04 Å². The third-order valence-corrected chi connectivity index (χ3v) is 4.65. The first-order valence-electron chi connectivity index (χ1n) is 7.44. The minimum atomic E-state index is 0.0823. The van der Waals surface area contributed by atoms with Crippen molar-refractivity contribution in [1.29, 1.82) is 0 Å². The monoisotopic (exact) mass is 345 g/mol. The molecule has 0 saturated carbocycles. The summed E-state index contributed by atoms with van der Waals surface area (Å²) in [6, 6.07) is 15.1. The maximum Gasteiger partial charge on any atom is 0.127 e. The molecule has 2 atom stereocenters. The van der Waals surface area contributed by atoms with Gasteiger partial charge in [-0.1, -0.05) is 53.2 Å². The van der Waals surface area contributed by atoms with Crippen LogP contribution in [0.5, 0.6) is 5.75 Å². The third-order valence-electron chi connectivity index (χ3n) is 3.97. The molecule has 0 saturated heterocycles. The van der Waals surface area contributed by atoms with Crippen molar-refractivity contribution in [3.63, 3.8) is 0 Å². The summed E-state index contributed by atoms with van der Waals surface area (Å²) < 4.78 is 7.37. The van der Waals surface area contributed by atoms with Gasteiger partial charge in [-0.3, -0.25) is 0 Å². The van der Waals surface area contributed by atoms with Crippen LogP contribution < -0.4 is 10.1 Å². The molecule has 1 aliphatic heterocycles. The number of hydrogen-bond donors (Lipinski definition) is 1. The summed E-state index contributed by atoms with van der Waals surface area (Å²) >= 11 is 3.68. The highest BCUT2D eigenvalue weighted by molar-refractivity contribution is 9.10. The summed E-state index contributed by atoms with van der Waals surface area (Å²) in [5, 5.41) is 3.58. The maximum atomic E-state index is 6.25. The normalized spacial score (nSPS) is 20.7. The van der Waals surface area contributed by atoms with E-state index in [1.165, 1.54) is 16.7 Å². The molecular weight excluding hydrogens is 326 g/mol. The Morgan fingerprint density at radius 3 is 2.76 bits per heavy atom. The van der Waals surface area contributed by atoms with E-state index in [-0.39, 0.29) is 6.10 Å². The second kappa shape index (κ2) is 6.20. The Kier molecular flexibility index (Phi) is 4.32. The zero-order chi connectivity index (χ0) is 14.8. The smallest absolute Gasteiger partial charge is 0.127 e. The Bertz CT molecular complexity index is 641. The predicted octanol–water partition coefficient (Wildman–Crippen LogP) is 4.93. The summed E-state index contributed by atoms with van der Waals surface area (Å²) in [7, 11) is 0. The lowest BCUT2D eigenvalue weighted by atomic mass is 9.92. The summed E-state index contributed by atoms with van der Waals surface area (Å²) in [6.07, 6.45) is 1.03. The Labute approximate surface area is 134 Å². The number of aryl methyl sites for hydroxylation is 1. The van der Waals surface area contributed by atoms with Crippen molar-refractivity contribution in [3.05, 3.63) is 63.6 Å². The first kappa shape index (κ1) is 14.6. The predicted molar refractivity (Wildman–Crippen MR) is 89.7 cm³/mol. The number of fused-ring (bicyclic) bond motifs is 1. The van der Waals surface area contributed by atoms with E-state index in [1.807, 2.05) is 6.07 Å². The second-order valence-corrected chi connectivity index (χ2v) is 6.37. The molecule has 2 nitrogen and oxygen atoms in total. The van der Waals surface area contributed by atoms with E-state index in [1.54, 1.807) is 0 Å². The van der Waals surface area contributed by atoms with Gasteiger partial charge in [0, 0.05) is 28.1 Å². The van der Waals surface area contributed by atoms with Gasteiger partial charge in [-0.25, -0.2) is 0 Å². The second-order valence-electron chi connectivity index (χ2n) is 5.52. The molecule has 0 bridgehead atoms. The van der Waals surface area contributed by atoms with Crippen LogP contribution in [0.1, 0.15) is 42.2 Å². The van der Waals surface area contributed by atoms with E-state index >= 15 is 0 Å². The molecule has 0 amide bonds. The minimum absolute atomic E-state index is 0.0823. The summed E-state index contributed by atoms with van der Waals surface area (Å²) in [5.74, 6) is 0.993. The lowest BCUT2D eigenvalue weighted by molar-refractivity contribution is 0.151. The van der Waals surface area contributed by atoms with Crippen molar-refractivity contribution in [1.82, 2.24) is 5.32 Å². The molecule has 21 heavy (non-hydrogen) atoms. The molecule has 3 heteroatoms. The topological polar surface area (TPSA) is 21.3 Å². The van der Waals surface area contributed by atoms with Gasteiger partial charge < -0.3 is 10.1 Å². The Morgan fingerprint density at radius 2 is 2.00 bits per heavy atom.